The third kappa shape index (κ3) is 3.53. The van der Waals surface area contributed by atoms with Crippen molar-refractivity contribution in [2.24, 2.45) is 0 Å². The molecule has 0 amide bonds. The van der Waals surface area contributed by atoms with Gasteiger partial charge in [-0.25, -0.2) is 4.74 Å². The Morgan fingerprint density at radius 3 is 1.07 bits per heavy atom. The molecule has 1 saturated heterocycles. The van der Waals surface area contributed by atoms with Gasteiger partial charge in [-0.15, -0.1) is 0 Å². The van der Waals surface area contributed by atoms with Crippen molar-refractivity contribution >= 4 is 0 Å². The predicted molar refractivity (Wildman–Crippen MR) is 46.6 cm³/mol. The number of ether oxygens (including phenoxy) is 1. The average molecular weight is 482 g/mol. The summed E-state index contributed by atoms with van der Waals surface area (Å²) in [7, 11) is 0. The predicted octanol–water partition coefficient (Wildman–Crippen LogP) is 5.22. The molecule has 0 spiro atoms. The summed E-state index contributed by atoms with van der Waals surface area (Å²) in [5.74, 6) is 0. The second-order valence-corrected chi connectivity index (χ2v) is 4.91. The summed E-state index contributed by atoms with van der Waals surface area (Å²) in [6.07, 6.45) is -29.8. The molecule has 3 nitrogen and oxygen atoms in total. The van der Waals surface area contributed by atoms with Crippen LogP contribution in [0.3, 0.4) is 0 Å². The highest BCUT2D eigenvalue weighted by Crippen LogP contribution is 2.62. The first-order chi connectivity index (χ1) is 12.2. The summed E-state index contributed by atoms with van der Waals surface area (Å²) in [6, 6.07) is -32.1. The monoisotopic (exact) mass is 482 g/mol. The van der Waals surface area contributed by atoms with Crippen LogP contribution in [0.15, 0.2) is 0 Å². The molecule has 0 unspecified atom stereocenters. The molecule has 0 atom stereocenters. The van der Waals surface area contributed by atoms with Gasteiger partial charge >= 0.3 is 49.0 Å². The van der Waals surface area contributed by atoms with Crippen LogP contribution in [-0.4, -0.2) is 58.8 Å². The number of morpholine rings is 1. The number of nitrogens with zero attached hydrogens (tertiary/aromatic N) is 2. The second-order valence-electron chi connectivity index (χ2n) is 4.91. The van der Waals surface area contributed by atoms with Gasteiger partial charge in [0, 0.05) is 0 Å². The Morgan fingerprint density at radius 2 is 0.828 bits per heavy atom. The van der Waals surface area contributed by atoms with E-state index in [4.69, 9.17) is 0 Å². The molecule has 0 aliphatic carbocycles. The van der Waals surface area contributed by atoms with Crippen LogP contribution < -0.4 is 0 Å². The minimum atomic E-state index is -8.37. The van der Waals surface area contributed by atoms with Crippen molar-refractivity contribution < 1.29 is 83.8 Å². The van der Waals surface area contributed by atoms with Crippen molar-refractivity contribution in [3.05, 3.63) is 0 Å². The summed E-state index contributed by atoms with van der Waals surface area (Å²) in [5, 5.41) is 0. The maximum atomic E-state index is 13.5. The van der Waals surface area contributed by atoms with E-state index in [1.165, 1.54) is 0 Å². The van der Waals surface area contributed by atoms with E-state index in [-0.39, 0.29) is 0 Å². The Labute approximate surface area is 144 Å². The van der Waals surface area contributed by atoms with E-state index >= 15 is 0 Å². The summed E-state index contributed by atoms with van der Waals surface area (Å²) in [5.41, 5.74) is 0. The number of hydrogen-bond acceptors (Lipinski definition) is 3. The van der Waals surface area contributed by atoms with Gasteiger partial charge in [0.2, 0.25) is 0 Å². The standard InChI is InChI=1S/C8F18N2O/c9-1(10,2(11,12)28(7(21,22)23)8(24,25)26)27-3(13,14)5(17,18)29-6(19,20)4(27,15)16. The third-order valence-electron chi connectivity index (χ3n) is 2.95. The van der Waals surface area contributed by atoms with Gasteiger partial charge in [-0.3, -0.25) is 0 Å². The lowest BCUT2D eigenvalue weighted by Crippen LogP contribution is -2.82. The van der Waals surface area contributed by atoms with Crippen LogP contribution in [0.4, 0.5) is 79.0 Å². The van der Waals surface area contributed by atoms with Gasteiger partial charge in [-0.1, -0.05) is 9.80 Å². The largest absolute Gasteiger partial charge is 0.472 e. The SMILES string of the molecule is FC(F)(F)N(C(F)(F)F)C(F)(F)C(F)(F)N1C(F)(F)C(F)(F)OC(F)(F)C1(F)F. The van der Waals surface area contributed by atoms with Crippen LogP contribution >= 0.6 is 0 Å². The van der Waals surface area contributed by atoms with Crippen LogP contribution in [0.1, 0.15) is 0 Å². The van der Waals surface area contributed by atoms with Gasteiger partial charge in [0.15, 0.2) is 0 Å². The third-order valence-corrected chi connectivity index (χ3v) is 2.95. The fourth-order valence-electron chi connectivity index (χ4n) is 1.80. The fraction of sp³-hybridized carbons (Fsp3) is 1.00. The Morgan fingerprint density at radius 1 is 0.552 bits per heavy atom. The molecule has 1 fully saturated rings. The van der Waals surface area contributed by atoms with Crippen molar-refractivity contribution in [1.29, 1.82) is 0 Å². The van der Waals surface area contributed by atoms with Crippen molar-refractivity contribution in [3.63, 3.8) is 0 Å². The molecule has 0 saturated carbocycles. The summed E-state index contributed by atoms with van der Waals surface area (Å²) < 4.78 is 232. The number of rotatable bonds is 3. The molecule has 1 aliphatic rings. The minimum absolute atomic E-state index is 1.58. The number of hydrogen-bond donors (Lipinski definition) is 0. The molecular formula is C8F18N2O. The average Bonchev–Trinajstić information content (AvgIpc) is 2.29. The topological polar surface area (TPSA) is 15.7 Å². The molecule has 1 heterocycles. The lowest BCUT2D eigenvalue weighted by atomic mass is 10.2. The molecule has 0 aromatic carbocycles. The van der Waals surface area contributed by atoms with E-state index in [9.17, 15) is 79.0 Å². The fourth-order valence-corrected chi connectivity index (χ4v) is 1.80. The van der Waals surface area contributed by atoms with Gasteiger partial charge in [-0.2, -0.15) is 79.0 Å². The van der Waals surface area contributed by atoms with Gasteiger partial charge in [0.1, 0.15) is 0 Å². The lowest BCUT2D eigenvalue weighted by molar-refractivity contribution is -0.603. The van der Waals surface area contributed by atoms with Gasteiger partial charge < -0.3 is 0 Å². The minimum Gasteiger partial charge on any atom is -0.243 e. The highest BCUT2D eigenvalue weighted by molar-refractivity contribution is 5.02. The summed E-state index contributed by atoms with van der Waals surface area (Å²) >= 11 is 0. The quantitative estimate of drug-likeness (QED) is 0.406. The first kappa shape index (κ1) is 25.7. The maximum absolute atomic E-state index is 13.5. The Hall–Kier alpha value is -1.38. The van der Waals surface area contributed by atoms with E-state index in [1.807, 2.05) is 0 Å². The van der Waals surface area contributed by atoms with Crippen LogP contribution in [0.2, 0.25) is 0 Å². The molecular weight excluding hydrogens is 482 g/mol. The highest BCUT2D eigenvalue weighted by atomic mass is 19.4. The maximum Gasteiger partial charge on any atom is 0.472 e. The van der Waals surface area contributed by atoms with Crippen molar-refractivity contribution in [3.8, 4) is 0 Å². The van der Waals surface area contributed by atoms with E-state index < -0.39 is 58.8 Å². The van der Waals surface area contributed by atoms with E-state index in [2.05, 4.69) is 0 Å². The van der Waals surface area contributed by atoms with Gasteiger partial charge in [0.25, 0.3) is 0 Å². The molecule has 0 aromatic heterocycles. The van der Waals surface area contributed by atoms with Gasteiger partial charge in [0.05, 0.1) is 0 Å². The van der Waals surface area contributed by atoms with Crippen molar-refractivity contribution in [2.45, 2.75) is 49.0 Å². The van der Waals surface area contributed by atoms with Gasteiger partial charge in [-0.05, 0) is 0 Å². The first-order valence-corrected chi connectivity index (χ1v) is 5.90. The summed E-state index contributed by atoms with van der Waals surface area (Å²) in [4.78, 5) is -8.99. The van der Waals surface area contributed by atoms with E-state index in [0.717, 1.165) is 0 Å². The molecule has 29 heavy (non-hydrogen) atoms. The Kier molecular flexibility index (Phi) is 5.38. The van der Waals surface area contributed by atoms with E-state index in [1.54, 1.807) is 4.74 Å². The lowest BCUT2D eigenvalue weighted by Gasteiger charge is -2.51. The van der Waals surface area contributed by atoms with Crippen molar-refractivity contribution in [1.82, 2.24) is 9.80 Å². The zero-order valence-corrected chi connectivity index (χ0v) is 12.1. The molecule has 0 N–H and O–H groups in total. The zero-order valence-electron chi connectivity index (χ0n) is 12.1. The highest BCUT2D eigenvalue weighted by Gasteiger charge is 2.91. The summed E-state index contributed by atoms with van der Waals surface area (Å²) in [6.45, 7) is 0. The normalized spacial score (nSPS) is 25.3. The Bertz CT molecular complexity index is 593. The Balaban J connectivity index is 3.85. The molecule has 0 bridgehead atoms. The number of halogens is 18. The van der Waals surface area contributed by atoms with Crippen LogP contribution in [0.25, 0.3) is 0 Å². The van der Waals surface area contributed by atoms with E-state index in [0.29, 0.717) is 0 Å². The molecule has 21 heteroatoms. The number of alkyl halides is 18. The first-order valence-electron chi connectivity index (χ1n) is 5.90. The molecule has 1 aliphatic heterocycles. The van der Waals surface area contributed by atoms with Crippen LogP contribution in [0, 0.1) is 0 Å². The molecule has 0 radical (unpaired) electrons. The second kappa shape index (κ2) is 6.08. The molecule has 1 rings (SSSR count). The molecule has 0 aromatic rings. The van der Waals surface area contributed by atoms with Crippen LogP contribution in [0.5, 0.6) is 0 Å². The smallest absolute Gasteiger partial charge is 0.243 e. The molecule has 174 valence electrons. The zero-order chi connectivity index (χ0) is 23.9. The van der Waals surface area contributed by atoms with Crippen molar-refractivity contribution in [2.75, 3.05) is 0 Å². The van der Waals surface area contributed by atoms with Crippen LogP contribution in [-0.2, 0) is 4.74 Å².